The number of sulfone groups is 1. The first-order valence-electron chi connectivity index (χ1n) is 9.94. The van der Waals surface area contributed by atoms with E-state index in [1.807, 2.05) is 31.2 Å². The van der Waals surface area contributed by atoms with E-state index in [1.54, 1.807) is 13.0 Å². The van der Waals surface area contributed by atoms with Crippen molar-refractivity contribution in [3.8, 4) is 0 Å². The summed E-state index contributed by atoms with van der Waals surface area (Å²) in [6.07, 6.45) is 0.354. The second-order valence-electron chi connectivity index (χ2n) is 8.05. The number of carbonyl (C=O) groups is 1. The molecule has 1 aliphatic heterocycles. The van der Waals surface area contributed by atoms with Crippen LogP contribution in [0.25, 0.3) is 11.0 Å². The van der Waals surface area contributed by atoms with Crippen LogP contribution in [0.5, 0.6) is 0 Å². The molecule has 2 aromatic carbocycles. The largest absolute Gasteiger partial charge is 0.451 e. The van der Waals surface area contributed by atoms with Gasteiger partial charge in [0.25, 0.3) is 5.91 Å². The molecule has 8 heteroatoms. The molecule has 3 aromatic rings. The van der Waals surface area contributed by atoms with Crippen LogP contribution in [0.2, 0.25) is 5.02 Å². The number of amides is 1. The summed E-state index contributed by atoms with van der Waals surface area (Å²) in [6.45, 7) is 3.97. The molecule has 0 radical (unpaired) electrons. The van der Waals surface area contributed by atoms with E-state index >= 15 is 0 Å². The van der Waals surface area contributed by atoms with Crippen molar-refractivity contribution < 1.29 is 17.6 Å². The third kappa shape index (κ3) is 4.52. The van der Waals surface area contributed by atoms with Crippen LogP contribution < -0.4 is 5.43 Å². The fourth-order valence-electron chi connectivity index (χ4n) is 3.80. The van der Waals surface area contributed by atoms with Crippen LogP contribution in [0, 0.1) is 13.8 Å². The van der Waals surface area contributed by atoms with E-state index in [9.17, 15) is 18.0 Å². The van der Waals surface area contributed by atoms with Crippen LogP contribution in [-0.4, -0.2) is 36.8 Å². The smallest absolute Gasteiger partial charge is 0.290 e. The Morgan fingerprint density at radius 3 is 2.52 bits per heavy atom. The van der Waals surface area contributed by atoms with Crippen LogP contribution in [0.4, 0.5) is 0 Å². The summed E-state index contributed by atoms with van der Waals surface area (Å²) in [5, 5.41) is 0.733. The molecule has 0 spiro atoms. The van der Waals surface area contributed by atoms with Gasteiger partial charge in [-0.05, 0) is 43.5 Å². The average molecular weight is 460 g/mol. The van der Waals surface area contributed by atoms with E-state index in [0.717, 1.165) is 22.8 Å². The number of carbonyl (C=O) groups excluding carboxylic acids is 1. The molecule has 1 aromatic heterocycles. The molecule has 6 nitrogen and oxygen atoms in total. The number of nitrogens with zero attached hydrogens (tertiary/aromatic N) is 1. The lowest BCUT2D eigenvalue weighted by Gasteiger charge is -2.28. The zero-order chi connectivity index (χ0) is 22.3. The predicted octanol–water partition coefficient (Wildman–Crippen LogP) is 3.89. The summed E-state index contributed by atoms with van der Waals surface area (Å²) in [4.78, 5) is 27.6. The predicted molar refractivity (Wildman–Crippen MR) is 120 cm³/mol. The van der Waals surface area contributed by atoms with E-state index in [4.69, 9.17) is 16.0 Å². The minimum Gasteiger partial charge on any atom is -0.451 e. The Kier molecular flexibility index (Phi) is 5.66. The molecule has 1 aliphatic rings. The van der Waals surface area contributed by atoms with Gasteiger partial charge in [-0.2, -0.15) is 0 Å². The molecule has 1 atom stereocenters. The van der Waals surface area contributed by atoms with Crippen LogP contribution in [-0.2, 0) is 16.4 Å². The van der Waals surface area contributed by atoms with Gasteiger partial charge in [0.2, 0.25) is 0 Å². The molecule has 1 fully saturated rings. The summed E-state index contributed by atoms with van der Waals surface area (Å²) in [7, 11) is -3.21. The standard InChI is InChI=1S/C23H22ClNO5S/c1-14-3-5-16(6-4-14)12-25(17-7-8-31(28,29)13-17)23(27)22-11-20(26)18-10-19(24)15(2)9-21(18)30-22/h3-6,9-11,17H,7-8,12-13H2,1-2H3/t17-/m0/s1. The maximum Gasteiger partial charge on any atom is 0.290 e. The van der Waals surface area contributed by atoms with Gasteiger partial charge in [0, 0.05) is 23.7 Å². The first-order valence-corrected chi connectivity index (χ1v) is 12.1. The third-order valence-electron chi connectivity index (χ3n) is 5.60. The fraction of sp³-hybridized carbons (Fsp3) is 0.304. The van der Waals surface area contributed by atoms with E-state index in [0.29, 0.717) is 16.8 Å². The lowest BCUT2D eigenvalue weighted by molar-refractivity contribution is 0.0648. The van der Waals surface area contributed by atoms with Crippen molar-refractivity contribution >= 4 is 38.3 Å². The molecule has 0 N–H and O–H groups in total. The molecule has 2 heterocycles. The maximum atomic E-state index is 13.4. The second kappa shape index (κ2) is 8.13. The Hall–Kier alpha value is -2.64. The lowest BCUT2D eigenvalue weighted by atomic mass is 10.1. The molecule has 0 aliphatic carbocycles. The van der Waals surface area contributed by atoms with Gasteiger partial charge in [-0.25, -0.2) is 8.42 Å². The summed E-state index contributed by atoms with van der Waals surface area (Å²) >= 11 is 6.11. The molecule has 162 valence electrons. The van der Waals surface area contributed by atoms with Crippen molar-refractivity contribution in [2.75, 3.05) is 11.5 Å². The average Bonchev–Trinajstić information content (AvgIpc) is 3.08. The lowest BCUT2D eigenvalue weighted by Crippen LogP contribution is -2.40. The highest BCUT2D eigenvalue weighted by molar-refractivity contribution is 7.91. The van der Waals surface area contributed by atoms with Gasteiger partial charge >= 0.3 is 0 Å². The monoisotopic (exact) mass is 459 g/mol. The van der Waals surface area contributed by atoms with Crippen molar-refractivity contribution in [2.24, 2.45) is 0 Å². The van der Waals surface area contributed by atoms with Gasteiger partial charge in [-0.1, -0.05) is 41.4 Å². The van der Waals surface area contributed by atoms with Crippen molar-refractivity contribution in [3.63, 3.8) is 0 Å². The van der Waals surface area contributed by atoms with Gasteiger partial charge in [0.1, 0.15) is 5.58 Å². The highest BCUT2D eigenvalue weighted by atomic mass is 35.5. The van der Waals surface area contributed by atoms with Gasteiger partial charge in [0.15, 0.2) is 21.0 Å². The number of aryl methyl sites for hydroxylation is 2. The van der Waals surface area contributed by atoms with Crippen molar-refractivity contribution in [2.45, 2.75) is 32.9 Å². The molecule has 0 bridgehead atoms. The zero-order valence-electron chi connectivity index (χ0n) is 17.2. The Morgan fingerprint density at radius 2 is 1.87 bits per heavy atom. The summed E-state index contributed by atoms with van der Waals surface area (Å²) in [5.41, 5.74) is 2.57. The number of halogens is 1. The van der Waals surface area contributed by atoms with Crippen LogP contribution in [0.15, 0.2) is 51.7 Å². The van der Waals surface area contributed by atoms with Crippen molar-refractivity contribution in [3.05, 3.63) is 80.2 Å². The topological polar surface area (TPSA) is 84.7 Å². The van der Waals surface area contributed by atoms with Gasteiger partial charge in [-0.15, -0.1) is 0 Å². The number of hydrogen-bond donors (Lipinski definition) is 0. The molecule has 4 rings (SSSR count). The SMILES string of the molecule is Cc1ccc(CN(C(=O)c2cc(=O)c3cc(Cl)c(C)cc3o2)[C@H]2CCS(=O)(=O)C2)cc1. The highest BCUT2D eigenvalue weighted by Crippen LogP contribution is 2.25. The van der Waals surface area contributed by atoms with Crippen LogP contribution in [0.1, 0.15) is 33.7 Å². The number of benzene rings is 2. The summed E-state index contributed by atoms with van der Waals surface area (Å²) in [6, 6.07) is 11.5. The first kappa shape index (κ1) is 21.6. The Labute approximate surface area is 185 Å². The van der Waals surface area contributed by atoms with E-state index < -0.39 is 21.8 Å². The molecular weight excluding hydrogens is 438 g/mol. The van der Waals surface area contributed by atoms with Gasteiger partial charge < -0.3 is 9.32 Å². The molecule has 31 heavy (non-hydrogen) atoms. The van der Waals surface area contributed by atoms with Gasteiger partial charge in [0.05, 0.1) is 16.9 Å². The third-order valence-corrected chi connectivity index (χ3v) is 7.76. The Bertz CT molecular complexity index is 1330. The number of hydrogen-bond acceptors (Lipinski definition) is 5. The van der Waals surface area contributed by atoms with E-state index in [2.05, 4.69) is 0 Å². The van der Waals surface area contributed by atoms with E-state index in [-0.39, 0.29) is 34.8 Å². The molecule has 0 saturated carbocycles. The van der Waals surface area contributed by atoms with Crippen LogP contribution >= 0.6 is 11.6 Å². The molecule has 0 unspecified atom stereocenters. The molecule has 1 amide bonds. The molecule has 1 saturated heterocycles. The minimum atomic E-state index is -3.21. The normalized spacial score (nSPS) is 17.7. The Morgan fingerprint density at radius 1 is 1.16 bits per heavy atom. The summed E-state index contributed by atoms with van der Waals surface area (Å²) in [5.74, 6) is -0.684. The number of rotatable bonds is 4. The van der Waals surface area contributed by atoms with E-state index in [1.165, 1.54) is 11.0 Å². The van der Waals surface area contributed by atoms with Crippen LogP contribution in [0.3, 0.4) is 0 Å². The Balaban J connectivity index is 1.75. The first-order chi connectivity index (χ1) is 14.6. The molecular formula is C23H22ClNO5S. The zero-order valence-corrected chi connectivity index (χ0v) is 18.8. The van der Waals surface area contributed by atoms with Gasteiger partial charge in [-0.3, -0.25) is 9.59 Å². The highest BCUT2D eigenvalue weighted by Gasteiger charge is 2.36. The quantitative estimate of drug-likeness (QED) is 0.590. The fourth-order valence-corrected chi connectivity index (χ4v) is 5.70. The minimum absolute atomic E-state index is 0.0364. The maximum absolute atomic E-state index is 13.4. The number of fused-ring (bicyclic) bond motifs is 1. The summed E-state index contributed by atoms with van der Waals surface area (Å²) < 4.78 is 29.9. The van der Waals surface area contributed by atoms with Crippen molar-refractivity contribution in [1.29, 1.82) is 0 Å². The van der Waals surface area contributed by atoms with Crippen molar-refractivity contribution in [1.82, 2.24) is 4.90 Å². The second-order valence-corrected chi connectivity index (χ2v) is 10.7.